The molecule has 0 N–H and O–H groups in total. The highest BCUT2D eigenvalue weighted by atomic mass is 79.9. The zero-order valence-electron chi connectivity index (χ0n) is 23.4. The van der Waals surface area contributed by atoms with Crippen LogP contribution >= 0.6 is 27.3 Å². The minimum absolute atomic E-state index is 0.183. The topological polar surface area (TPSA) is 83.1 Å². The van der Waals surface area contributed by atoms with Crippen LogP contribution < -0.4 is 4.90 Å². The molecule has 1 aromatic heterocycles. The van der Waals surface area contributed by atoms with Crippen LogP contribution in [0.15, 0.2) is 51.8 Å². The van der Waals surface area contributed by atoms with E-state index in [-0.39, 0.29) is 10.8 Å². The number of halogens is 1. The number of thiazole rings is 1. The zero-order valence-corrected chi connectivity index (χ0v) is 26.6. The summed E-state index contributed by atoms with van der Waals surface area (Å²) in [6.07, 6.45) is 4.28. The summed E-state index contributed by atoms with van der Waals surface area (Å²) in [5.41, 5.74) is 1.29. The van der Waals surface area contributed by atoms with E-state index in [0.29, 0.717) is 30.3 Å². The Labute approximate surface area is 250 Å². The van der Waals surface area contributed by atoms with Crippen molar-refractivity contribution in [1.82, 2.24) is 14.2 Å². The molecule has 4 rings (SSSR count). The number of benzene rings is 2. The Morgan fingerprint density at radius 1 is 1.00 bits per heavy atom. The number of aromatic nitrogens is 1. The maximum Gasteiger partial charge on any atom is 0.260 e. The molecule has 0 unspecified atom stereocenters. The number of amides is 1. The van der Waals surface area contributed by atoms with Crippen molar-refractivity contribution < 1.29 is 17.9 Å². The highest BCUT2D eigenvalue weighted by molar-refractivity contribution is 9.10. The van der Waals surface area contributed by atoms with Crippen LogP contribution in [0, 0.1) is 0 Å². The van der Waals surface area contributed by atoms with Gasteiger partial charge in [-0.25, -0.2) is 13.4 Å². The van der Waals surface area contributed by atoms with Gasteiger partial charge in [0.2, 0.25) is 10.0 Å². The number of carbonyl (C=O) groups excluding carboxylic acids is 1. The smallest absolute Gasteiger partial charge is 0.260 e. The number of unbranched alkanes of at least 4 members (excludes halogenated alkanes) is 2. The van der Waals surface area contributed by atoms with E-state index in [4.69, 9.17) is 9.72 Å². The van der Waals surface area contributed by atoms with E-state index in [0.717, 1.165) is 79.6 Å². The quantitative estimate of drug-likeness (QED) is 0.212. The van der Waals surface area contributed by atoms with Crippen LogP contribution in [-0.2, 0) is 14.8 Å². The number of ether oxygens (including phenoxy) is 1. The summed E-state index contributed by atoms with van der Waals surface area (Å²) in [6.45, 7) is 9.76. The van der Waals surface area contributed by atoms with Gasteiger partial charge in [0.25, 0.3) is 5.91 Å². The van der Waals surface area contributed by atoms with Gasteiger partial charge < -0.3 is 4.74 Å². The van der Waals surface area contributed by atoms with Crippen LogP contribution in [0.5, 0.6) is 0 Å². The average molecular weight is 652 g/mol. The average Bonchev–Trinajstić information content (AvgIpc) is 3.38. The third-order valence-electron chi connectivity index (χ3n) is 7.04. The number of anilines is 1. The SMILES string of the molecule is CCCCN(CCCC)S(=O)(=O)c1ccc(C(=O)N(CCCN2CCOCC2)c2nc3ccc(Br)cc3s2)cc1. The number of hydrogen-bond acceptors (Lipinski definition) is 7. The van der Waals surface area contributed by atoms with Gasteiger partial charge >= 0.3 is 0 Å². The molecule has 0 bridgehead atoms. The molecule has 0 radical (unpaired) electrons. The summed E-state index contributed by atoms with van der Waals surface area (Å²) in [5.74, 6) is -0.183. The van der Waals surface area contributed by atoms with Gasteiger partial charge in [-0.2, -0.15) is 4.31 Å². The predicted molar refractivity (Wildman–Crippen MR) is 166 cm³/mol. The fourth-order valence-corrected chi connectivity index (χ4v) is 7.72. The summed E-state index contributed by atoms with van der Waals surface area (Å²) < 4.78 is 35.8. The van der Waals surface area contributed by atoms with Gasteiger partial charge in [-0.1, -0.05) is 54.0 Å². The van der Waals surface area contributed by atoms with Crippen LogP contribution in [0.4, 0.5) is 5.13 Å². The minimum atomic E-state index is -3.63. The predicted octanol–water partition coefficient (Wildman–Crippen LogP) is 6.02. The highest BCUT2D eigenvalue weighted by Crippen LogP contribution is 2.32. The molecule has 1 fully saturated rings. The van der Waals surface area contributed by atoms with E-state index >= 15 is 0 Å². The van der Waals surface area contributed by atoms with Crippen LogP contribution in [0.2, 0.25) is 0 Å². The van der Waals surface area contributed by atoms with Gasteiger partial charge in [0.05, 0.1) is 28.3 Å². The molecule has 1 amide bonds. The first kappa shape index (κ1) is 31.1. The van der Waals surface area contributed by atoms with Gasteiger partial charge in [0.15, 0.2) is 5.13 Å². The number of carbonyl (C=O) groups is 1. The highest BCUT2D eigenvalue weighted by Gasteiger charge is 2.26. The van der Waals surface area contributed by atoms with Crippen molar-refractivity contribution >= 4 is 58.5 Å². The van der Waals surface area contributed by atoms with Crippen LogP contribution in [-0.4, -0.2) is 81.0 Å². The fourth-order valence-electron chi connectivity index (χ4n) is 4.66. The maximum atomic E-state index is 13.8. The van der Waals surface area contributed by atoms with E-state index < -0.39 is 10.0 Å². The summed E-state index contributed by atoms with van der Waals surface area (Å²) in [4.78, 5) is 22.9. The van der Waals surface area contributed by atoms with E-state index in [1.54, 1.807) is 33.5 Å². The van der Waals surface area contributed by atoms with Crippen LogP contribution in [0.3, 0.4) is 0 Å². The lowest BCUT2D eigenvalue weighted by Gasteiger charge is -2.27. The van der Waals surface area contributed by atoms with Gasteiger partial charge in [-0.15, -0.1) is 0 Å². The maximum absolute atomic E-state index is 13.8. The monoisotopic (exact) mass is 650 g/mol. The Kier molecular flexibility index (Phi) is 11.5. The molecule has 11 heteroatoms. The van der Waals surface area contributed by atoms with Crippen molar-refractivity contribution in [3.8, 4) is 0 Å². The summed E-state index contributed by atoms with van der Waals surface area (Å²) in [7, 11) is -3.63. The van der Waals surface area contributed by atoms with Crippen LogP contribution in [0.1, 0.15) is 56.3 Å². The molecule has 0 aliphatic carbocycles. The van der Waals surface area contributed by atoms with Crippen molar-refractivity contribution in [2.75, 3.05) is 57.4 Å². The van der Waals surface area contributed by atoms with E-state index in [1.165, 1.54) is 11.3 Å². The number of hydrogen-bond donors (Lipinski definition) is 0. The molecule has 3 aromatic rings. The lowest BCUT2D eigenvalue weighted by Crippen LogP contribution is -2.39. The molecule has 8 nitrogen and oxygen atoms in total. The molecule has 2 heterocycles. The molecule has 1 saturated heterocycles. The summed E-state index contributed by atoms with van der Waals surface area (Å²) in [6, 6.07) is 12.3. The Hall–Kier alpha value is -1.89. The molecule has 1 aliphatic heterocycles. The zero-order chi connectivity index (χ0) is 28.5. The normalized spacial score (nSPS) is 14.7. The minimum Gasteiger partial charge on any atom is -0.379 e. The molecule has 0 atom stereocenters. The number of morpholine rings is 1. The first-order chi connectivity index (χ1) is 19.3. The second-order valence-corrected chi connectivity index (χ2v) is 13.9. The standard InChI is InChI=1S/C29H39BrN4O4S2/c1-3-5-15-33(16-6-4-2)40(36,37)25-11-8-23(9-12-25)28(35)34(17-7-14-32-18-20-38-21-19-32)29-31-26-13-10-24(30)22-27(26)39-29/h8-13,22H,3-7,14-21H2,1-2H3. The molecule has 40 heavy (non-hydrogen) atoms. The van der Waals surface area contributed by atoms with E-state index in [2.05, 4.69) is 34.7 Å². The second kappa shape index (κ2) is 14.8. The third-order valence-corrected chi connectivity index (χ3v) is 10.5. The van der Waals surface area contributed by atoms with Crippen molar-refractivity contribution in [3.05, 3.63) is 52.5 Å². The lowest BCUT2D eigenvalue weighted by molar-refractivity contribution is 0.0376. The number of sulfonamides is 1. The second-order valence-electron chi connectivity index (χ2n) is 10.0. The van der Waals surface area contributed by atoms with Gasteiger partial charge in [-0.3, -0.25) is 14.6 Å². The molecular formula is C29H39BrN4O4S2. The Balaban J connectivity index is 1.56. The summed E-state index contributed by atoms with van der Waals surface area (Å²) >= 11 is 5.00. The van der Waals surface area contributed by atoms with E-state index in [9.17, 15) is 13.2 Å². The molecule has 1 aliphatic rings. The molecule has 0 spiro atoms. The van der Waals surface area contributed by atoms with Crippen molar-refractivity contribution in [1.29, 1.82) is 0 Å². The number of fused-ring (bicyclic) bond motifs is 1. The first-order valence-corrected chi connectivity index (χ1v) is 17.2. The third kappa shape index (κ3) is 7.89. The van der Waals surface area contributed by atoms with E-state index in [1.807, 2.05) is 18.2 Å². The Bertz CT molecular complexity index is 1350. The fraction of sp³-hybridized carbons (Fsp3) is 0.517. The van der Waals surface area contributed by atoms with Gasteiger partial charge in [0.1, 0.15) is 0 Å². The molecule has 2 aromatic carbocycles. The molecular weight excluding hydrogens is 612 g/mol. The van der Waals surface area contributed by atoms with Crippen LogP contribution in [0.25, 0.3) is 10.2 Å². The van der Waals surface area contributed by atoms with Crippen molar-refractivity contribution in [2.24, 2.45) is 0 Å². The Morgan fingerprint density at radius 3 is 2.33 bits per heavy atom. The van der Waals surface area contributed by atoms with Gasteiger partial charge in [0, 0.05) is 49.3 Å². The number of nitrogens with zero attached hydrogens (tertiary/aromatic N) is 4. The molecule has 218 valence electrons. The van der Waals surface area contributed by atoms with Crippen molar-refractivity contribution in [3.63, 3.8) is 0 Å². The summed E-state index contributed by atoms with van der Waals surface area (Å²) in [5, 5.41) is 0.641. The molecule has 0 saturated carbocycles. The Morgan fingerprint density at radius 2 is 1.68 bits per heavy atom. The van der Waals surface area contributed by atoms with Crippen molar-refractivity contribution in [2.45, 2.75) is 50.8 Å². The number of rotatable bonds is 14. The van der Waals surface area contributed by atoms with Gasteiger partial charge in [-0.05, 0) is 61.7 Å². The lowest BCUT2D eigenvalue weighted by atomic mass is 10.2. The first-order valence-electron chi connectivity index (χ1n) is 14.1. The largest absolute Gasteiger partial charge is 0.379 e.